The van der Waals surface area contributed by atoms with Gasteiger partial charge in [-0.3, -0.25) is 4.68 Å². The number of piperidine rings is 1. The highest BCUT2D eigenvalue weighted by Gasteiger charge is 2.43. The zero-order valence-electron chi connectivity index (χ0n) is 19.0. The molecule has 4 heterocycles. The highest BCUT2D eigenvalue weighted by atomic mass is 35.5. The van der Waals surface area contributed by atoms with E-state index in [1.165, 1.54) is 0 Å². The number of nitrogens with two attached hydrogens (primary N) is 1. The molecule has 1 amide bonds. The fourth-order valence-corrected chi connectivity index (χ4v) is 4.53. The Morgan fingerprint density at radius 3 is 2.53 bits per heavy atom. The number of carboxylic acids is 1. The van der Waals surface area contributed by atoms with Gasteiger partial charge in [-0.25, -0.2) is 14.6 Å². The number of nitrogens with one attached hydrogen (secondary N) is 1. The number of ether oxygens (including phenoxy) is 1. The minimum Gasteiger partial charge on any atom is -0.475 e. The van der Waals surface area contributed by atoms with E-state index < -0.39 is 17.7 Å². The van der Waals surface area contributed by atoms with Gasteiger partial charge in [-0.2, -0.15) is 18.3 Å². The van der Waals surface area contributed by atoms with Crippen molar-refractivity contribution in [3.63, 3.8) is 0 Å². The van der Waals surface area contributed by atoms with Crippen LogP contribution in [-0.4, -0.2) is 63.3 Å². The number of aryl methyl sites for hydroxylation is 1. The molecular formula is C22H22ClF3N6O4. The van der Waals surface area contributed by atoms with E-state index in [0.717, 1.165) is 40.6 Å². The SMILES string of the molecule is Cn1ncc2cc(-c3cnc(N)c(Cl)c3N3CCC4(CC3)CNC(=O)O4)ccc21.O=C(O)C(F)(F)F. The molecule has 0 saturated carbocycles. The van der Waals surface area contributed by atoms with Crippen LogP contribution < -0.4 is 16.0 Å². The number of rotatable bonds is 2. The number of pyridine rings is 1. The molecule has 2 aromatic heterocycles. The third-order valence-electron chi connectivity index (χ3n) is 6.18. The Morgan fingerprint density at radius 2 is 1.94 bits per heavy atom. The largest absolute Gasteiger partial charge is 0.490 e. The van der Waals surface area contributed by atoms with Crippen LogP contribution in [0, 0.1) is 0 Å². The first-order chi connectivity index (χ1) is 16.9. The number of alkyl halides is 3. The van der Waals surface area contributed by atoms with Gasteiger partial charge in [0.15, 0.2) is 0 Å². The van der Waals surface area contributed by atoms with Gasteiger partial charge in [-0.1, -0.05) is 17.7 Å². The summed E-state index contributed by atoms with van der Waals surface area (Å²) in [6.07, 6.45) is -0.348. The summed E-state index contributed by atoms with van der Waals surface area (Å²) in [7, 11) is 1.92. The van der Waals surface area contributed by atoms with Crippen molar-refractivity contribution in [1.82, 2.24) is 20.1 Å². The molecule has 2 saturated heterocycles. The lowest BCUT2D eigenvalue weighted by Gasteiger charge is -2.39. The first-order valence-electron chi connectivity index (χ1n) is 10.8. The lowest BCUT2D eigenvalue weighted by atomic mass is 9.91. The molecule has 5 rings (SSSR count). The summed E-state index contributed by atoms with van der Waals surface area (Å²) >= 11 is 6.63. The van der Waals surface area contributed by atoms with Crippen LogP contribution in [0.25, 0.3) is 22.0 Å². The maximum Gasteiger partial charge on any atom is 0.490 e. The molecule has 2 fully saturated rings. The zero-order chi connectivity index (χ0) is 26.3. The predicted molar refractivity (Wildman–Crippen MR) is 126 cm³/mol. The maximum atomic E-state index is 11.5. The fourth-order valence-electron chi connectivity index (χ4n) is 4.26. The van der Waals surface area contributed by atoms with E-state index in [9.17, 15) is 18.0 Å². The topological polar surface area (TPSA) is 136 Å². The average Bonchev–Trinajstić information content (AvgIpc) is 3.38. The standard InChI is InChI=1S/C20H21ClN6O2.C2HF3O2/c1-26-15-3-2-12(8-13(15)9-25-26)14-10-23-18(22)16(21)17(14)27-6-4-20(5-7-27)11-24-19(28)29-20;3-2(4,5)1(6)7/h2-3,8-10H,4-7,11H2,1H3,(H2,22,23)(H,24,28);(H,6,7). The van der Waals surface area contributed by atoms with Crippen LogP contribution in [0.4, 0.5) is 29.5 Å². The second kappa shape index (κ2) is 9.37. The van der Waals surface area contributed by atoms with Gasteiger partial charge in [0, 0.05) is 50.1 Å². The Labute approximate surface area is 207 Å². The van der Waals surface area contributed by atoms with Crippen LogP contribution in [0.1, 0.15) is 12.8 Å². The van der Waals surface area contributed by atoms with Crippen molar-refractivity contribution < 1.29 is 32.6 Å². The molecule has 0 atom stereocenters. The van der Waals surface area contributed by atoms with Crippen molar-refractivity contribution in [2.24, 2.45) is 7.05 Å². The van der Waals surface area contributed by atoms with E-state index in [1.807, 2.05) is 30.1 Å². The summed E-state index contributed by atoms with van der Waals surface area (Å²) in [6, 6.07) is 6.18. The molecule has 10 nitrogen and oxygen atoms in total. The molecular weight excluding hydrogens is 505 g/mol. The van der Waals surface area contributed by atoms with Gasteiger partial charge >= 0.3 is 18.2 Å². The number of nitrogens with zero attached hydrogens (tertiary/aromatic N) is 4. The number of fused-ring (bicyclic) bond motifs is 1. The molecule has 2 aliphatic heterocycles. The summed E-state index contributed by atoms with van der Waals surface area (Å²) in [5.74, 6) is -2.45. The van der Waals surface area contributed by atoms with Crippen LogP contribution in [0.3, 0.4) is 0 Å². The zero-order valence-corrected chi connectivity index (χ0v) is 19.7. The number of hydrogen-bond donors (Lipinski definition) is 3. The number of amides is 1. The lowest BCUT2D eigenvalue weighted by Crippen LogP contribution is -2.47. The molecule has 14 heteroatoms. The summed E-state index contributed by atoms with van der Waals surface area (Å²) in [4.78, 5) is 26.9. The Kier molecular flexibility index (Phi) is 6.60. The molecule has 0 aliphatic carbocycles. The van der Waals surface area contributed by atoms with Gasteiger partial charge in [0.25, 0.3) is 0 Å². The second-order valence-corrected chi connectivity index (χ2v) is 8.86. The first-order valence-corrected chi connectivity index (χ1v) is 11.2. The number of carbonyl (C=O) groups is 2. The summed E-state index contributed by atoms with van der Waals surface area (Å²) in [5.41, 5.74) is 9.47. The van der Waals surface area contributed by atoms with E-state index in [4.69, 9.17) is 32.0 Å². The number of carboxylic acid groups (broad SMARTS) is 1. The average molecular weight is 527 g/mol. The van der Waals surface area contributed by atoms with Crippen molar-refractivity contribution in [3.05, 3.63) is 35.6 Å². The van der Waals surface area contributed by atoms with Gasteiger partial charge in [-0.15, -0.1) is 0 Å². The molecule has 2 aliphatic rings. The Morgan fingerprint density at radius 1 is 1.28 bits per heavy atom. The van der Waals surface area contributed by atoms with Gasteiger partial charge in [-0.05, 0) is 17.7 Å². The number of anilines is 2. The number of carbonyl (C=O) groups excluding carboxylic acids is 1. The maximum absolute atomic E-state index is 11.5. The molecule has 4 N–H and O–H groups in total. The van der Waals surface area contributed by atoms with Gasteiger partial charge in [0.2, 0.25) is 0 Å². The van der Waals surface area contributed by atoms with Crippen molar-refractivity contribution in [2.75, 3.05) is 30.3 Å². The lowest BCUT2D eigenvalue weighted by molar-refractivity contribution is -0.192. The van der Waals surface area contributed by atoms with Crippen molar-refractivity contribution >= 4 is 46.1 Å². The van der Waals surface area contributed by atoms with E-state index in [2.05, 4.69) is 26.4 Å². The highest BCUT2D eigenvalue weighted by molar-refractivity contribution is 6.36. The van der Waals surface area contributed by atoms with Crippen molar-refractivity contribution in [3.8, 4) is 11.1 Å². The van der Waals surface area contributed by atoms with Crippen molar-refractivity contribution in [1.29, 1.82) is 0 Å². The Hall–Kier alpha value is -3.74. The minimum atomic E-state index is -5.08. The highest BCUT2D eigenvalue weighted by Crippen LogP contribution is 2.42. The molecule has 3 aromatic rings. The van der Waals surface area contributed by atoms with Gasteiger partial charge in [0.05, 0.1) is 23.9 Å². The quantitative estimate of drug-likeness (QED) is 0.461. The second-order valence-electron chi connectivity index (χ2n) is 8.48. The third kappa shape index (κ3) is 4.96. The fraction of sp³-hybridized carbons (Fsp3) is 0.364. The summed E-state index contributed by atoms with van der Waals surface area (Å²) in [5, 5.41) is 15.7. The van der Waals surface area contributed by atoms with Crippen LogP contribution in [0.15, 0.2) is 30.6 Å². The molecule has 1 spiro atoms. The minimum absolute atomic E-state index is 0.308. The smallest absolute Gasteiger partial charge is 0.475 e. The van der Waals surface area contributed by atoms with E-state index in [-0.39, 0.29) is 6.09 Å². The number of halogens is 4. The Bertz CT molecular complexity index is 1320. The van der Waals surface area contributed by atoms with Crippen LogP contribution in [0.2, 0.25) is 5.02 Å². The monoisotopic (exact) mass is 526 g/mol. The normalized spacial score (nSPS) is 16.9. The number of alkyl carbamates (subject to hydrolysis) is 1. The molecule has 0 bridgehead atoms. The van der Waals surface area contributed by atoms with E-state index in [0.29, 0.717) is 30.5 Å². The van der Waals surface area contributed by atoms with Crippen LogP contribution in [-0.2, 0) is 16.6 Å². The molecule has 1 aromatic carbocycles. The van der Waals surface area contributed by atoms with Crippen LogP contribution in [0.5, 0.6) is 0 Å². The van der Waals surface area contributed by atoms with Gasteiger partial charge in [0.1, 0.15) is 16.4 Å². The number of hydrogen-bond acceptors (Lipinski definition) is 7. The molecule has 36 heavy (non-hydrogen) atoms. The van der Waals surface area contributed by atoms with E-state index in [1.54, 1.807) is 6.20 Å². The predicted octanol–water partition coefficient (Wildman–Crippen LogP) is 3.58. The molecule has 0 unspecified atom stereocenters. The number of aromatic nitrogens is 3. The van der Waals surface area contributed by atoms with Gasteiger partial charge < -0.3 is 25.8 Å². The third-order valence-corrected chi connectivity index (χ3v) is 6.55. The number of nitrogen functional groups attached to an aromatic ring is 1. The Balaban J connectivity index is 0.000000384. The molecule has 0 radical (unpaired) electrons. The van der Waals surface area contributed by atoms with Crippen molar-refractivity contribution in [2.45, 2.75) is 24.6 Å². The summed E-state index contributed by atoms with van der Waals surface area (Å²) < 4.78 is 39.1. The summed E-state index contributed by atoms with van der Waals surface area (Å²) in [6.45, 7) is 1.97. The number of benzene rings is 1. The van der Waals surface area contributed by atoms with E-state index >= 15 is 0 Å². The number of aliphatic carboxylic acids is 1. The first kappa shape index (κ1) is 25.4. The molecule has 192 valence electrons. The van der Waals surface area contributed by atoms with Crippen LogP contribution >= 0.6 is 11.6 Å².